The third-order valence-electron chi connectivity index (χ3n) is 4.38. The fraction of sp³-hybridized carbons (Fsp3) is 0.615. The first-order valence-electron chi connectivity index (χ1n) is 6.94. The Morgan fingerprint density at radius 1 is 1.35 bits per heavy atom. The molecule has 3 atom stereocenters. The van der Waals surface area contributed by atoms with Gasteiger partial charge in [0.1, 0.15) is 17.0 Å². The van der Waals surface area contributed by atoms with Gasteiger partial charge in [-0.2, -0.15) is 4.98 Å². The van der Waals surface area contributed by atoms with E-state index in [1.165, 1.54) is 6.42 Å². The van der Waals surface area contributed by atoms with E-state index >= 15 is 0 Å². The highest BCUT2D eigenvalue weighted by molar-refractivity contribution is 6.29. The third kappa shape index (κ3) is 2.28. The van der Waals surface area contributed by atoms with Crippen molar-refractivity contribution in [3.63, 3.8) is 0 Å². The number of aromatic nitrogens is 2. The van der Waals surface area contributed by atoms with Crippen molar-refractivity contribution < 1.29 is 4.79 Å². The zero-order valence-corrected chi connectivity index (χ0v) is 11.9. The number of nitrogen functional groups attached to an aromatic ring is 1. The molecular weight excluding hydrogens is 278 g/mol. The second-order valence-corrected chi connectivity index (χ2v) is 5.97. The fourth-order valence-corrected chi connectivity index (χ4v) is 3.78. The lowest BCUT2D eigenvalue weighted by Crippen LogP contribution is -2.45. The molecule has 2 aliphatic rings. The zero-order chi connectivity index (χ0) is 14.3. The number of carbonyl (C=O) groups is 1. The second-order valence-electron chi connectivity index (χ2n) is 5.58. The van der Waals surface area contributed by atoms with Gasteiger partial charge in [-0.3, -0.25) is 4.79 Å². The molecule has 20 heavy (non-hydrogen) atoms. The largest absolute Gasteiger partial charge is 0.368 e. The van der Waals surface area contributed by atoms with Gasteiger partial charge >= 0.3 is 0 Å². The summed E-state index contributed by atoms with van der Waals surface area (Å²) >= 11 is 5.96. The first-order chi connectivity index (χ1) is 9.56. The lowest BCUT2D eigenvalue weighted by Gasteiger charge is -2.34. The second kappa shape index (κ2) is 5.09. The molecule has 4 N–H and O–H groups in total. The lowest BCUT2D eigenvalue weighted by atomic mass is 9.85. The van der Waals surface area contributed by atoms with Crippen LogP contribution in [0.1, 0.15) is 32.1 Å². The topological polar surface area (TPSA) is 98.1 Å². The molecule has 108 valence electrons. The number of carbonyl (C=O) groups excluding carboxylic acids is 1. The van der Waals surface area contributed by atoms with Crippen LogP contribution in [0.2, 0.25) is 5.15 Å². The molecule has 1 aliphatic heterocycles. The highest BCUT2D eigenvalue weighted by atomic mass is 35.5. The average Bonchev–Trinajstić information content (AvgIpc) is 2.77. The molecule has 3 rings (SSSR count). The highest BCUT2D eigenvalue weighted by Gasteiger charge is 2.45. The number of fused-ring (bicyclic) bond motifs is 1. The van der Waals surface area contributed by atoms with Crippen LogP contribution in [0, 0.1) is 5.92 Å². The van der Waals surface area contributed by atoms with Gasteiger partial charge in [0.2, 0.25) is 11.9 Å². The van der Waals surface area contributed by atoms with E-state index in [0.29, 0.717) is 17.8 Å². The van der Waals surface area contributed by atoms with E-state index in [1.54, 1.807) is 6.07 Å². The first-order valence-corrected chi connectivity index (χ1v) is 7.32. The minimum absolute atomic E-state index is 0.120. The molecule has 0 radical (unpaired) electrons. The summed E-state index contributed by atoms with van der Waals surface area (Å²) in [6.07, 6.45) is 5.36. The summed E-state index contributed by atoms with van der Waals surface area (Å²) in [7, 11) is 0. The molecule has 1 aliphatic carbocycles. The van der Waals surface area contributed by atoms with Crippen molar-refractivity contribution in [1.29, 1.82) is 0 Å². The number of hydrogen-bond donors (Lipinski definition) is 2. The SMILES string of the molecule is NC(=O)[C@@H]1C[C@@H]2CCCC[C@@H]2N1c1cc(Cl)nc(N)n1. The normalized spacial score (nSPS) is 29.2. The minimum atomic E-state index is -0.325. The summed E-state index contributed by atoms with van der Waals surface area (Å²) in [5.41, 5.74) is 11.2. The average molecular weight is 296 g/mol. The fourth-order valence-electron chi connectivity index (χ4n) is 3.60. The number of amides is 1. The molecular formula is C13H18ClN5O. The summed E-state index contributed by atoms with van der Waals surface area (Å²) in [5.74, 6) is 0.916. The maximum Gasteiger partial charge on any atom is 0.240 e. The molecule has 1 saturated carbocycles. The smallest absolute Gasteiger partial charge is 0.240 e. The Kier molecular flexibility index (Phi) is 3.41. The van der Waals surface area contributed by atoms with Gasteiger partial charge in [0, 0.05) is 12.1 Å². The molecule has 6 nitrogen and oxygen atoms in total. The lowest BCUT2D eigenvalue weighted by molar-refractivity contribution is -0.119. The summed E-state index contributed by atoms with van der Waals surface area (Å²) in [6.45, 7) is 0. The first kappa shape index (κ1) is 13.4. The van der Waals surface area contributed by atoms with Crippen LogP contribution in [-0.2, 0) is 4.79 Å². The Bertz CT molecular complexity index is 517. The Morgan fingerprint density at radius 3 is 2.80 bits per heavy atom. The molecule has 1 aromatic heterocycles. The highest BCUT2D eigenvalue weighted by Crippen LogP contribution is 2.42. The van der Waals surface area contributed by atoms with Crippen molar-refractivity contribution in [2.45, 2.75) is 44.2 Å². The predicted molar refractivity (Wildman–Crippen MR) is 77.3 cm³/mol. The minimum Gasteiger partial charge on any atom is -0.368 e. The molecule has 0 aromatic carbocycles. The molecule has 0 bridgehead atoms. The molecule has 0 unspecified atom stereocenters. The van der Waals surface area contributed by atoms with Crippen LogP contribution in [0.3, 0.4) is 0 Å². The van der Waals surface area contributed by atoms with E-state index < -0.39 is 0 Å². The Hall–Kier alpha value is -1.56. The Balaban J connectivity index is 2.00. The van der Waals surface area contributed by atoms with Crippen molar-refractivity contribution >= 4 is 29.3 Å². The summed E-state index contributed by atoms with van der Waals surface area (Å²) < 4.78 is 0. The third-order valence-corrected chi connectivity index (χ3v) is 4.57. The number of anilines is 2. The maximum absolute atomic E-state index is 11.8. The van der Waals surface area contributed by atoms with Crippen LogP contribution >= 0.6 is 11.6 Å². The van der Waals surface area contributed by atoms with Crippen LogP contribution < -0.4 is 16.4 Å². The number of rotatable bonds is 2. The van der Waals surface area contributed by atoms with Crippen molar-refractivity contribution in [2.24, 2.45) is 11.7 Å². The number of nitrogens with two attached hydrogens (primary N) is 2. The van der Waals surface area contributed by atoms with E-state index in [1.807, 2.05) is 4.90 Å². The summed E-state index contributed by atoms with van der Waals surface area (Å²) in [5, 5.41) is 0.287. The van der Waals surface area contributed by atoms with Gasteiger partial charge in [0.25, 0.3) is 0 Å². The van der Waals surface area contributed by atoms with E-state index in [2.05, 4.69) is 9.97 Å². The van der Waals surface area contributed by atoms with Gasteiger partial charge in [-0.1, -0.05) is 24.4 Å². The van der Waals surface area contributed by atoms with Crippen LogP contribution in [0.15, 0.2) is 6.07 Å². The zero-order valence-electron chi connectivity index (χ0n) is 11.1. The number of primary amides is 1. The number of hydrogen-bond acceptors (Lipinski definition) is 5. The predicted octanol–water partition coefficient (Wildman–Crippen LogP) is 1.33. The molecule has 1 amide bonds. The number of nitrogens with zero attached hydrogens (tertiary/aromatic N) is 3. The van der Waals surface area contributed by atoms with Crippen LogP contribution in [0.25, 0.3) is 0 Å². The van der Waals surface area contributed by atoms with Crippen LogP contribution in [0.4, 0.5) is 11.8 Å². The van der Waals surface area contributed by atoms with Gasteiger partial charge in [-0.05, 0) is 25.2 Å². The molecule has 2 heterocycles. The molecule has 7 heteroatoms. The van der Waals surface area contributed by atoms with Crippen LogP contribution in [-0.4, -0.2) is 28.0 Å². The summed E-state index contributed by atoms with van der Waals surface area (Å²) in [6, 6.07) is 1.63. The molecule has 2 fully saturated rings. The van der Waals surface area contributed by atoms with Crippen molar-refractivity contribution in [1.82, 2.24) is 9.97 Å². The standard InChI is InChI=1S/C13H18ClN5O/c14-10-6-11(18-13(16)17-10)19-8-4-2-1-3-7(8)5-9(19)12(15)20/h6-9H,1-5H2,(H2,15,20)(H2,16,17,18)/t7-,8-,9-/m0/s1. The van der Waals surface area contributed by atoms with E-state index in [9.17, 15) is 4.79 Å². The van der Waals surface area contributed by atoms with Gasteiger partial charge in [-0.15, -0.1) is 0 Å². The van der Waals surface area contributed by atoms with E-state index in [-0.39, 0.29) is 23.1 Å². The Labute approximate surface area is 122 Å². The van der Waals surface area contributed by atoms with Gasteiger partial charge in [-0.25, -0.2) is 4.98 Å². The molecule has 1 aromatic rings. The van der Waals surface area contributed by atoms with E-state index in [4.69, 9.17) is 23.1 Å². The maximum atomic E-state index is 11.8. The van der Waals surface area contributed by atoms with Crippen LogP contribution in [0.5, 0.6) is 0 Å². The van der Waals surface area contributed by atoms with Gasteiger partial charge < -0.3 is 16.4 Å². The van der Waals surface area contributed by atoms with Gasteiger partial charge in [0.15, 0.2) is 0 Å². The van der Waals surface area contributed by atoms with Crippen molar-refractivity contribution in [3.8, 4) is 0 Å². The van der Waals surface area contributed by atoms with Crippen molar-refractivity contribution in [3.05, 3.63) is 11.2 Å². The number of halogens is 1. The summed E-state index contributed by atoms with van der Waals surface area (Å²) in [4.78, 5) is 21.9. The van der Waals surface area contributed by atoms with Crippen molar-refractivity contribution in [2.75, 3.05) is 10.6 Å². The van der Waals surface area contributed by atoms with Gasteiger partial charge in [0.05, 0.1) is 0 Å². The Morgan fingerprint density at radius 2 is 2.10 bits per heavy atom. The molecule has 0 spiro atoms. The monoisotopic (exact) mass is 295 g/mol. The quantitative estimate of drug-likeness (QED) is 0.802. The van der Waals surface area contributed by atoms with E-state index in [0.717, 1.165) is 25.7 Å². The molecule has 1 saturated heterocycles.